The molecule has 1 heterocycles. The van der Waals surface area contributed by atoms with Gasteiger partial charge in [0.25, 0.3) is 0 Å². The Kier molecular flexibility index (Phi) is 5.41. The molecule has 0 aromatic heterocycles. The summed E-state index contributed by atoms with van der Waals surface area (Å²) in [5.74, 6) is 0. The van der Waals surface area contributed by atoms with Crippen molar-refractivity contribution in [2.24, 2.45) is 5.73 Å². The topological polar surface area (TPSA) is 62.1 Å². The first kappa shape index (κ1) is 10.8. The molecule has 5 N–H and O–H groups in total. The molecule has 1 rings (SSSR count). The molecule has 1 aliphatic heterocycles. The van der Waals surface area contributed by atoms with Crippen molar-refractivity contribution in [1.82, 2.24) is 16.4 Å². The Morgan fingerprint density at radius 3 is 1.55 bits per heavy atom. The Balaban J connectivity index is 0.000000187. The van der Waals surface area contributed by atoms with Crippen LogP contribution in [0.1, 0.15) is 27.2 Å². The van der Waals surface area contributed by atoms with Crippen LogP contribution in [0.2, 0.25) is 0 Å². The number of nitrogens with one attached hydrogen (secondary N) is 3. The number of hydrogen-bond acceptors (Lipinski definition) is 4. The summed E-state index contributed by atoms with van der Waals surface area (Å²) in [5, 5.41) is 0. The van der Waals surface area contributed by atoms with Gasteiger partial charge >= 0.3 is 0 Å². The third-order valence-electron chi connectivity index (χ3n) is 0.780. The van der Waals surface area contributed by atoms with E-state index < -0.39 is 0 Å². The zero-order valence-electron chi connectivity index (χ0n) is 7.70. The van der Waals surface area contributed by atoms with Crippen LogP contribution in [0.15, 0.2) is 0 Å². The zero-order valence-corrected chi connectivity index (χ0v) is 7.70. The van der Waals surface area contributed by atoms with Crippen LogP contribution in [-0.2, 0) is 0 Å². The normalized spacial score (nSPS) is 18.5. The molecule has 0 aromatic carbocycles. The Hall–Kier alpha value is -0.160. The van der Waals surface area contributed by atoms with Crippen LogP contribution in [0.3, 0.4) is 0 Å². The fraction of sp³-hybridized carbons (Fsp3) is 1.00. The molecule has 0 unspecified atom stereocenters. The van der Waals surface area contributed by atoms with Crippen LogP contribution in [0.4, 0.5) is 0 Å². The van der Waals surface area contributed by atoms with E-state index in [9.17, 15) is 0 Å². The van der Waals surface area contributed by atoms with Gasteiger partial charge in [0, 0.05) is 18.6 Å². The predicted molar refractivity (Wildman–Crippen MR) is 47.7 cm³/mol. The molecule has 0 spiro atoms. The molecule has 1 saturated heterocycles. The molecule has 0 amide bonds. The highest BCUT2D eigenvalue weighted by Crippen LogP contribution is 1.88. The lowest BCUT2D eigenvalue weighted by Crippen LogP contribution is -2.49. The average Bonchev–Trinajstić information content (AvgIpc) is 1.88. The molecular formula is C7H20N4. The molecule has 0 aromatic rings. The molecule has 0 atom stereocenters. The molecule has 0 aliphatic carbocycles. The largest absolute Gasteiger partial charge is 0.326 e. The van der Waals surface area contributed by atoms with Crippen molar-refractivity contribution in [2.75, 3.05) is 13.1 Å². The van der Waals surface area contributed by atoms with Crippen LogP contribution >= 0.6 is 0 Å². The Labute approximate surface area is 68.9 Å². The van der Waals surface area contributed by atoms with E-state index in [4.69, 9.17) is 5.73 Å². The lowest BCUT2D eigenvalue weighted by molar-refractivity contribution is 0.372. The Morgan fingerprint density at radius 1 is 1.09 bits per heavy atom. The molecule has 1 aliphatic rings. The first-order chi connectivity index (χ1) is 5.00. The van der Waals surface area contributed by atoms with Crippen molar-refractivity contribution in [1.29, 1.82) is 0 Å². The van der Waals surface area contributed by atoms with Crippen molar-refractivity contribution in [3.63, 3.8) is 0 Å². The summed E-state index contributed by atoms with van der Waals surface area (Å²) in [6.45, 7) is 8.05. The molecule has 0 saturated carbocycles. The van der Waals surface area contributed by atoms with Gasteiger partial charge in [0.05, 0.1) is 0 Å². The highest BCUT2D eigenvalue weighted by molar-refractivity contribution is 4.60. The SMILES string of the molecule is C1CNNNC1.CC(C)(C)N. The van der Waals surface area contributed by atoms with Crippen LogP contribution in [0.5, 0.6) is 0 Å². The monoisotopic (exact) mass is 160 g/mol. The van der Waals surface area contributed by atoms with Crippen LogP contribution in [0, 0.1) is 0 Å². The molecule has 4 nitrogen and oxygen atoms in total. The molecule has 0 radical (unpaired) electrons. The van der Waals surface area contributed by atoms with E-state index in [2.05, 4.69) is 16.4 Å². The van der Waals surface area contributed by atoms with Gasteiger partial charge in [-0.1, -0.05) is 0 Å². The fourth-order valence-electron chi connectivity index (χ4n) is 0.453. The molecule has 4 heteroatoms. The lowest BCUT2D eigenvalue weighted by Gasteiger charge is -2.12. The minimum atomic E-state index is 0. The predicted octanol–water partition coefficient (Wildman–Crippen LogP) is -0.267. The lowest BCUT2D eigenvalue weighted by atomic mass is 10.1. The highest BCUT2D eigenvalue weighted by atomic mass is 15.6. The molecular weight excluding hydrogens is 140 g/mol. The van der Waals surface area contributed by atoms with Crippen LogP contribution in [-0.4, -0.2) is 18.6 Å². The number of rotatable bonds is 0. The van der Waals surface area contributed by atoms with E-state index in [-0.39, 0.29) is 5.54 Å². The second-order valence-corrected chi connectivity index (χ2v) is 3.70. The van der Waals surface area contributed by atoms with Crippen molar-refractivity contribution < 1.29 is 0 Å². The van der Waals surface area contributed by atoms with Gasteiger partial charge in [0.15, 0.2) is 0 Å². The van der Waals surface area contributed by atoms with Gasteiger partial charge < -0.3 is 5.73 Å². The van der Waals surface area contributed by atoms with E-state index in [0.29, 0.717) is 0 Å². The quantitative estimate of drug-likeness (QED) is 0.394. The van der Waals surface area contributed by atoms with E-state index in [1.807, 2.05) is 20.8 Å². The van der Waals surface area contributed by atoms with E-state index in [1.54, 1.807) is 0 Å². The second-order valence-electron chi connectivity index (χ2n) is 3.70. The van der Waals surface area contributed by atoms with Crippen molar-refractivity contribution >= 4 is 0 Å². The summed E-state index contributed by atoms with van der Waals surface area (Å²) in [5.41, 5.74) is 14.0. The highest BCUT2D eigenvalue weighted by Gasteiger charge is 1.95. The first-order valence-corrected chi connectivity index (χ1v) is 4.00. The number of nitrogens with two attached hydrogens (primary N) is 1. The maximum atomic E-state index is 5.35. The number of hydrogen-bond donors (Lipinski definition) is 4. The number of hydrazine groups is 2. The summed E-state index contributed by atoms with van der Waals surface area (Å²) in [4.78, 5) is 0. The fourth-order valence-corrected chi connectivity index (χ4v) is 0.453. The van der Waals surface area contributed by atoms with Gasteiger partial charge in [-0.3, -0.25) is 0 Å². The summed E-state index contributed by atoms with van der Waals surface area (Å²) in [7, 11) is 0. The van der Waals surface area contributed by atoms with Crippen LogP contribution < -0.4 is 22.1 Å². The van der Waals surface area contributed by atoms with Gasteiger partial charge in [-0.05, 0) is 27.2 Å². The van der Waals surface area contributed by atoms with Gasteiger partial charge in [-0.2, -0.15) is 5.53 Å². The minimum absolute atomic E-state index is 0. The third-order valence-corrected chi connectivity index (χ3v) is 0.780. The van der Waals surface area contributed by atoms with Gasteiger partial charge in [-0.25, -0.2) is 10.9 Å². The summed E-state index contributed by atoms with van der Waals surface area (Å²) >= 11 is 0. The maximum Gasteiger partial charge on any atom is 0.0126 e. The smallest absolute Gasteiger partial charge is 0.0126 e. The van der Waals surface area contributed by atoms with Crippen LogP contribution in [0.25, 0.3) is 0 Å². The van der Waals surface area contributed by atoms with Gasteiger partial charge in [0.2, 0.25) is 0 Å². The molecule has 0 bridgehead atoms. The Morgan fingerprint density at radius 2 is 1.45 bits per heavy atom. The van der Waals surface area contributed by atoms with Crippen molar-refractivity contribution in [3.8, 4) is 0 Å². The Bertz CT molecular complexity index is 65.4. The van der Waals surface area contributed by atoms with E-state index in [0.717, 1.165) is 13.1 Å². The zero-order chi connectivity index (χ0) is 8.74. The molecule has 68 valence electrons. The first-order valence-electron chi connectivity index (χ1n) is 4.00. The van der Waals surface area contributed by atoms with E-state index in [1.165, 1.54) is 6.42 Å². The van der Waals surface area contributed by atoms with E-state index >= 15 is 0 Å². The van der Waals surface area contributed by atoms with Crippen molar-refractivity contribution in [3.05, 3.63) is 0 Å². The second kappa shape index (κ2) is 5.49. The third kappa shape index (κ3) is 17.7. The van der Waals surface area contributed by atoms with Crippen molar-refractivity contribution in [2.45, 2.75) is 32.7 Å². The minimum Gasteiger partial charge on any atom is -0.326 e. The summed E-state index contributed by atoms with van der Waals surface area (Å²) in [6, 6.07) is 0. The summed E-state index contributed by atoms with van der Waals surface area (Å²) < 4.78 is 0. The standard InChI is InChI=1S/C4H11N.C3H9N3/c1-4(2,3)5;1-2-4-6-5-3-1/h5H2,1-3H3;4-6H,1-3H2. The summed E-state index contributed by atoms with van der Waals surface area (Å²) in [6.07, 6.45) is 1.22. The molecule has 1 fully saturated rings. The molecule has 11 heavy (non-hydrogen) atoms. The average molecular weight is 160 g/mol. The van der Waals surface area contributed by atoms with Gasteiger partial charge in [-0.15, -0.1) is 0 Å². The van der Waals surface area contributed by atoms with Gasteiger partial charge in [0.1, 0.15) is 0 Å². The maximum absolute atomic E-state index is 5.35.